The molecule has 1 rings (SSSR count). The Balaban J connectivity index is 2.41. The van der Waals surface area contributed by atoms with Crippen LogP contribution in [0.3, 0.4) is 0 Å². The van der Waals surface area contributed by atoms with E-state index in [2.05, 4.69) is 10.6 Å². The lowest BCUT2D eigenvalue weighted by molar-refractivity contribution is 0.185. The number of ether oxygens (including phenoxy) is 1. The summed E-state index contributed by atoms with van der Waals surface area (Å²) in [6.45, 7) is 2.52. The number of nitrogens with zero attached hydrogens (tertiary/aromatic N) is 1. The van der Waals surface area contributed by atoms with Crippen LogP contribution in [0.2, 0.25) is 0 Å². The molecule has 5 nitrogen and oxygen atoms in total. The van der Waals surface area contributed by atoms with Gasteiger partial charge in [0.05, 0.1) is 11.6 Å². The van der Waals surface area contributed by atoms with E-state index in [1.165, 1.54) is 0 Å². The molecule has 1 atom stereocenters. The van der Waals surface area contributed by atoms with Crippen molar-refractivity contribution in [2.45, 2.75) is 19.4 Å². The summed E-state index contributed by atoms with van der Waals surface area (Å²) in [6.07, 6.45) is 0.761. The van der Waals surface area contributed by atoms with Gasteiger partial charge in [-0.1, -0.05) is 0 Å². The minimum Gasteiger partial charge on any atom is -0.385 e. The molecule has 5 heteroatoms. The monoisotopic (exact) mass is 247 g/mol. The second-order valence-electron chi connectivity index (χ2n) is 3.97. The molecule has 0 spiro atoms. The Bertz CT molecular complexity index is 423. The number of carbonyl (C=O) groups excluding carboxylic acids is 1. The molecule has 0 unspecified atom stereocenters. The SMILES string of the molecule is COCC[C@@H](C)NC(=O)Nc1ccc(C#N)cc1. The predicted molar refractivity (Wildman–Crippen MR) is 69.3 cm³/mol. The topological polar surface area (TPSA) is 74.2 Å². The molecule has 2 amide bonds. The van der Waals surface area contributed by atoms with Gasteiger partial charge < -0.3 is 15.4 Å². The lowest BCUT2D eigenvalue weighted by Gasteiger charge is -2.14. The van der Waals surface area contributed by atoms with Crippen LogP contribution in [-0.2, 0) is 4.74 Å². The molecule has 0 heterocycles. The van der Waals surface area contributed by atoms with Crippen LogP contribution in [0.15, 0.2) is 24.3 Å². The number of hydrogen-bond acceptors (Lipinski definition) is 3. The summed E-state index contributed by atoms with van der Waals surface area (Å²) in [5.74, 6) is 0. The number of carbonyl (C=O) groups is 1. The summed E-state index contributed by atoms with van der Waals surface area (Å²) < 4.78 is 4.94. The summed E-state index contributed by atoms with van der Waals surface area (Å²) in [6, 6.07) is 8.50. The van der Waals surface area contributed by atoms with Crippen LogP contribution < -0.4 is 10.6 Å². The van der Waals surface area contributed by atoms with Crippen molar-refractivity contribution in [3.05, 3.63) is 29.8 Å². The summed E-state index contributed by atoms with van der Waals surface area (Å²) in [5.41, 5.74) is 1.22. The van der Waals surface area contributed by atoms with Crippen molar-refractivity contribution < 1.29 is 9.53 Å². The fraction of sp³-hybridized carbons (Fsp3) is 0.385. The van der Waals surface area contributed by atoms with Gasteiger partial charge in [-0.15, -0.1) is 0 Å². The molecule has 2 N–H and O–H groups in total. The first-order chi connectivity index (χ1) is 8.65. The quantitative estimate of drug-likeness (QED) is 0.836. The summed E-state index contributed by atoms with van der Waals surface area (Å²) in [7, 11) is 1.63. The molecule has 96 valence electrons. The van der Waals surface area contributed by atoms with E-state index in [4.69, 9.17) is 10.00 Å². The molecule has 0 aliphatic rings. The van der Waals surface area contributed by atoms with Crippen molar-refractivity contribution in [1.82, 2.24) is 5.32 Å². The van der Waals surface area contributed by atoms with Gasteiger partial charge >= 0.3 is 6.03 Å². The Kier molecular flexibility index (Phi) is 5.68. The zero-order chi connectivity index (χ0) is 13.4. The molecule has 18 heavy (non-hydrogen) atoms. The number of nitriles is 1. The Morgan fingerprint density at radius 3 is 2.67 bits per heavy atom. The first kappa shape index (κ1) is 14.0. The maximum Gasteiger partial charge on any atom is 0.319 e. The Morgan fingerprint density at radius 2 is 2.11 bits per heavy atom. The molecule has 1 aromatic rings. The Morgan fingerprint density at radius 1 is 1.44 bits per heavy atom. The molecule has 0 radical (unpaired) electrons. The Hall–Kier alpha value is -2.06. The van der Waals surface area contributed by atoms with Crippen LogP contribution in [-0.4, -0.2) is 25.8 Å². The van der Waals surface area contributed by atoms with E-state index in [-0.39, 0.29) is 12.1 Å². The molecular formula is C13H17N3O2. The zero-order valence-corrected chi connectivity index (χ0v) is 10.6. The van der Waals surface area contributed by atoms with Crippen LogP contribution in [0.5, 0.6) is 0 Å². The molecule has 0 aliphatic heterocycles. The molecule has 0 aromatic heterocycles. The minimum absolute atomic E-state index is 0.0448. The maximum absolute atomic E-state index is 11.6. The lowest BCUT2D eigenvalue weighted by Crippen LogP contribution is -2.36. The average molecular weight is 247 g/mol. The third-order valence-corrected chi connectivity index (χ3v) is 2.40. The molecule has 0 fully saturated rings. The number of nitrogens with one attached hydrogen (secondary N) is 2. The lowest BCUT2D eigenvalue weighted by atomic mass is 10.2. The smallest absolute Gasteiger partial charge is 0.319 e. The highest BCUT2D eigenvalue weighted by molar-refractivity contribution is 5.89. The number of rotatable bonds is 5. The van der Waals surface area contributed by atoms with E-state index < -0.39 is 0 Å². The molecule has 0 aliphatic carbocycles. The van der Waals surface area contributed by atoms with Crippen molar-refractivity contribution >= 4 is 11.7 Å². The third kappa shape index (κ3) is 4.85. The third-order valence-electron chi connectivity index (χ3n) is 2.40. The van der Waals surface area contributed by atoms with E-state index in [0.717, 1.165) is 6.42 Å². The van der Waals surface area contributed by atoms with Gasteiger partial charge in [-0.2, -0.15) is 5.26 Å². The van der Waals surface area contributed by atoms with Crippen molar-refractivity contribution in [3.8, 4) is 6.07 Å². The van der Waals surface area contributed by atoms with Gasteiger partial charge in [-0.25, -0.2) is 4.79 Å². The van der Waals surface area contributed by atoms with Gasteiger partial charge in [-0.05, 0) is 37.6 Å². The van der Waals surface area contributed by atoms with Crippen molar-refractivity contribution in [3.63, 3.8) is 0 Å². The molecule has 0 saturated carbocycles. The Labute approximate surface area is 107 Å². The molecule has 0 bridgehead atoms. The number of anilines is 1. The number of hydrogen-bond donors (Lipinski definition) is 2. The predicted octanol–water partition coefficient (Wildman–Crippen LogP) is 2.10. The number of amides is 2. The van der Waals surface area contributed by atoms with Crippen molar-refractivity contribution in [2.75, 3.05) is 19.0 Å². The van der Waals surface area contributed by atoms with E-state index >= 15 is 0 Å². The normalized spacial score (nSPS) is 11.4. The second kappa shape index (κ2) is 7.30. The molecular weight excluding hydrogens is 230 g/mol. The summed E-state index contributed by atoms with van der Waals surface area (Å²) >= 11 is 0. The van der Waals surface area contributed by atoms with Crippen LogP contribution in [0, 0.1) is 11.3 Å². The van der Waals surface area contributed by atoms with Crippen molar-refractivity contribution in [2.24, 2.45) is 0 Å². The van der Waals surface area contributed by atoms with Gasteiger partial charge in [-0.3, -0.25) is 0 Å². The fourth-order valence-corrected chi connectivity index (χ4v) is 1.39. The highest BCUT2D eigenvalue weighted by Gasteiger charge is 2.06. The van der Waals surface area contributed by atoms with Crippen LogP contribution in [0.4, 0.5) is 10.5 Å². The van der Waals surface area contributed by atoms with E-state index in [9.17, 15) is 4.79 Å². The minimum atomic E-state index is -0.261. The highest BCUT2D eigenvalue weighted by Crippen LogP contribution is 2.08. The number of urea groups is 1. The maximum atomic E-state index is 11.6. The average Bonchev–Trinajstić information content (AvgIpc) is 2.37. The summed E-state index contributed by atoms with van der Waals surface area (Å²) in [5, 5.41) is 14.1. The fourth-order valence-electron chi connectivity index (χ4n) is 1.39. The van der Waals surface area contributed by atoms with E-state index in [1.807, 2.05) is 13.0 Å². The van der Waals surface area contributed by atoms with Crippen LogP contribution >= 0.6 is 0 Å². The van der Waals surface area contributed by atoms with Crippen LogP contribution in [0.1, 0.15) is 18.9 Å². The summed E-state index contributed by atoms with van der Waals surface area (Å²) in [4.78, 5) is 11.6. The van der Waals surface area contributed by atoms with Gasteiger partial charge in [0.15, 0.2) is 0 Å². The van der Waals surface area contributed by atoms with Crippen LogP contribution in [0.25, 0.3) is 0 Å². The van der Waals surface area contributed by atoms with Gasteiger partial charge in [0.1, 0.15) is 0 Å². The second-order valence-corrected chi connectivity index (χ2v) is 3.97. The number of benzene rings is 1. The standard InChI is InChI=1S/C13H17N3O2/c1-10(7-8-18-2)15-13(17)16-12-5-3-11(9-14)4-6-12/h3-6,10H,7-8H2,1-2H3,(H2,15,16,17)/t10-/m1/s1. The van der Waals surface area contributed by atoms with E-state index in [1.54, 1.807) is 31.4 Å². The molecule has 0 saturated heterocycles. The first-order valence-electron chi connectivity index (χ1n) is 5.72. The van der Waals surface area contributed by atoms with Gasteiger partial charge in [0.25, 0.3) is 0 Å². The zero-order valence-electron chi connectivity index (χ0n) is 10.6. The first-order valence-corrected chi connectivity index (χ1v) is 5.72. The van der Waals surface area contributed by atoms with E-state index in [0.29, 0.717) is 17.9 Å². The van der Waals surface area contributed by atoms with Crippen molar-refractivity contribution in [1.29, 1.82) is 5.26 Å². The van der Waals surface area contributed by atoms with Gasteiger partial charge in [0.2, 0.25) is 0 Å². The molecule has 1 aromatic carbocycles. The largest absolute Gasteiger partial charge is 0.385 e. The highest BCUT2D eigenvalue weighted by atomic mass is 16.5. The number of methoxy groups -OCH3 is 1. The van der Waals surface area contributed by atoms with Gasteiger partial charge in [0, 0.05) is 25.4 Å².